The van der Waals surface area contributed by atoms with E-state index in [1.54, 1.807) is 0 Å². The van der Waals surface area contributed by atoms with Crippen molar-refractivity contribution in [1.82, 2.24) is 10.2 Å². The van der Waals surface area contributed by atoms with E-state index in [-0.39, 0.29) is 23.8 Å². The Hall–Kier alpha value is -2.94. The standard InChI is InChI=1S/C19H22N4O2/c1-10(2)17-16-15(12-7-5-6-8-14(12)24-11(3)4)13(9-20)18(21)25-19(16)23-22-17/h5-8,10-11,15H,21H2,1-4H3,(H,22,23). The molecule has 1 aliphatic heterocycles. The summed E-state index contributed by atoms with van der Waals surface area (Å²) >= 11 is 0. The van der Waals surface area contributed by atoms with Crippen LogP contribution in [-0.4, -0.2) is 16.3 Å². The largest absolute Gasteiger partial charge is 0.491 e. The fraction of sp³-hybridized carbons (Fsp3) is 0.368. The van der Waals surface area contributed by atoms with Gasteiger partial charge in [-0.05, 0) is 25.8 Å². The van der Waals surface area contributed by atoms with Crippen molar-refractivity contribution in [2.75, 3.05) is 0 Å². The van der Waals surface area contributed by atoms with Crippen LogP contribution in [0.3, 0.4) is 0 Å². The maximum absolute atomic E-state index is 9.72. The molecule has 0 saturated carbocycles. The number of fused-ring (bicyclic) bond motifs is 1. The number of nitrogens with one attached hydrogen (secondary N) is 1. The maximum atomic E-state index is 9.72. The number of nitriles is 1. The molecule has 0 radical (unpaired) electrons. The van der Waals surface area contributed by atoms with E-state index in [4.69, 9.17) is 15.2 Å². The van der Waals surface area contributed by atoms with Crippen LogP contribution in [0.15, 0.2) is 35.7 Å². The molecule has 0 saturated heterocycles. The van der Waals surface area contributed by atoms with Gasteiger partial charge in [-0.3, -0.25) is 5.10 Å². The van der Waals surface area contributed by atoms with Gasteiger partial charge in [0.2, 0.25) is 11.8 Å². The molecule has 0 bridgehead atoms. The lowest BCUT2D eigenvalue weighted by atomic mass is 9.82. The van der Waals surface area contributed by atoms with Gasteiger partial charge in [0.05, 0.1) is 17.6 Å². The average Bonchev–Trinajstić information content (AvgIpc) is 2.97. The van der Waals surface area contributed by atoms with Crippen molar-refractivity contribution in [1.29, 1.82) is 5.26 Å². The number of allylic oxidation sites excluding steroid dienone is 1. The zero-order valence-corrected chi connectivity index (χ0v) is 14.8. The van der Waals surface area contributed by atoms with Gasteiger partial charge >= 0.3 is 0 Å². The molecule has 1 aliphatic rings. The summed E-state index contributed by atoms with van der Waals surface area (Å²) in [6.07, 6.45) is 0.0150. The molecular weight excluding hydrogens is 316 g/mol. The molecule has 2 heterocycles. The van der Waals surface area contributed by atoms with Gasteiger partial charge in [-0.15, -0.1) is 5.10 Å². The van der Waals surface area contributed by atoms with Gasteiger partial charge < -0.3 is 15.2 Å². The first-order valence-electron chi connectivity index (χ1n) is 8.35. The summed E-state index contributed by atoms with van der Waals surface area (Å²) < 4.78 is 11.6. The number of hydrogen-bond acceptors (Lipinski definition) is 5. The zero-order chi connectivity index (χ0) is 18.1. The Morgan fingerprint density at radius 2 is 2.00 bits per heavy atom. The molecular formula is C19H22N4O2. The van der Waals surface area contributed by atoms with Gasteiger partial charge in [0.25, 0.3) is 0 Å². The quantitative estimate of drug-likeness (QED) is 0.888. The highest BCUT2D eigenvalue weighted by Gasteiger charge is 2.37. The summed E-state index contributed by atoms with van der Waals surface area (Å²) in [4.78, 5) is 0. The number of aromatic amines is 1. The fourth-order valence-electron chi connectivity index (χ4n) is 3.10. The molecule has 25 heavy (non-hydrogen) atoms. The number of rotatable bonds is 4. The Morgan fingerprint density at radius 1 is 1.28 bits per heavy atom. The van der Waals surface area contributed by atoms with Crippen molar-refractivity contribution in [3.8, 4) is 17.7 Å². The molecule has 1 aromatic carbocycles. The summed E-state index contributed by atoms with van der Waals surface area (Å²) in [5.41, 5.74) is 9.04. The van der Waals surface area contributed by atoms with E-state index in [9.17, 15) is 5.26 Å². The van der Waals surface area contributed by atoms with Crippen molar-refractivity contribution >= 4 is 0 Å². The lowest BCUT2D eigenvalue weighted by Crippen LogP contribution is -2.22. The molecule has 0 amide bonds. The van der Waals surface area contributed by atoms with E-state index in [1.807, 2.05) is 38.1 Å². The van der Waals surface area contributed by atoms with Crippen LogP contribution in [0.5, 0.6) is 11.6 Å². The maximum Gasteiger partial charge on any atom is 0.244 e. The zero-order valence-electron chi connectivity index (χ0n) is 14.8. The summed E-state index contributed by atoms with van der Waals surface area (Å²) in [6.45, 7) is 8.07. The molecule has 2 aromatic rings. The molecule has 130 valence electrons. The molecule has 0 fully saturated rings. The summed E-state index contributed by atoms with van der Waals surface area (Å²) in [5.74, 6) is 1.05. The monoisotopic (exact) mass is 338 g/mol. The first-order valence-corrected chi connectivity index (χ1v) is 8.35. The van der Waals surface area contributed by atoms with Crippen LogP contribution in [-0.2, 0) is 0 Å². The second-order valence-electron chi connectivity index (χ2n) is 6.64. The second kappa shape index (κ2) is 6.52. The predicted octanol–water partition coefficient (Wildman–Crippen LogP) is 3.54. The van der Waals surface area contributed by atoms with Crippen molar-refractivity contribution in [2.45, 2.75) is 45.6 Å². The Morgan fingerprint density at radius 3 is 2.64 bits per heavy atom. The molecule has 3 rings (SSSR count). The Bertz CT molecular complexity index is 859. The third-order valence-corrected chi connectivity index (χ3v) is 4.14. The number of nitrogens with two attached hydrogens (primary N) is 1. The normalized spacial score (nSPS) is 16.6. The number of nitrogens with zero attached hydrogens (tertiary/aromatic N) is 2. The number of ether oxygens (including phenoxy) is 2. The molecule has 6 nitrogen and oxygen atoms in total. The average molecular weight is 338 g/mol. The van der Waals surface area contributed by atoms with Gasteiger partial charge in [0, 0.05) is 11.3 Å². The molecule has 0 spiro atoms. The Labute approximate surface area is 147 Å². The van der Waals surface area contributed by atoms with E-state index in [2.05, 4.69) is 30.1 Å². The van der Waals surface area contributed by atoms with Gasteiger partial charge in [-0.1, -0.05) is 32.0 Å². The van der Waals surface area contributed by atoms with E-state index >= 15 is 0 Å². The van der Waals surface area contributed by atoms with Crippen molar-refractivity contribution in [3.63, 3.8) is 0 Å². The SMILES string of the molecule is CC(C)Oc1ccccc1C1C(C#N)=C(N)Oc2n[nH]c(C(C)C)c21. The highest BCUT2D eigenvalue weighted by Crippen LogP contribution is 2.46. The minimum absolute atomic E-state index is 0.0150. The first-order chi connectivity index (χ1) is 11.9. The van der Waals surface area contributed by atoms with Crippen molar-refractivity contribution < 1.29 is 9.47 Å². The number of para-hydroxylation sites is 1. The third-order valence-electron chi connectivity index (χ3n) is 4.14. The lowest BCUT2D eigenvalue weighted by Gasteiger charge is -2.26. The van der Waals surface area contributed by atoms with E-state index in [0.29, 0.717) is 11.5 Å². The number of hydrogen-bond donors (Lipinski definition) is 2. The molecule has 1 unspecified atom stereocenters. The van der Waals surface area contributed by atoms with E-state index in [0.717, 1.165) is 22.6 Å². The van der Waals surface area contributed by atoms with Crippen LogP contribution in [0.2, 0.25) is 0 Å². The van der Waals surface area contributed by atoms with Gasteiger partial charge in [-0.25, -0.2) is 0 Å². The highest BCUT2D eigenvalue weighted by molar-refractivity contribution is 5.58. The van der Waals surface area contributed by atoms with E-state index in [1.165, 1.54) is 0 Å². The van der Waals surface area contributed by atoms with Crippen LogP contribution in [0.25, 0.3) is 0 Å². The van der Waals surface area contributed by atoms with Gasteiger partial charge in [0.1, 0.15) is 17.4 Å². The minimum Gasteiger partial charge on any atom is -0.491 e. The second-order valence-corrected chi connectivity index (χ2v) is 6.64. The third kappa shape index (κ3) is 2.93. The molecule has 6 heteroatoms. The van der Waals surface area contributed by atoms with E-state index < -0.39 is 0 Å². The van der Waals surface area contributed by atoms with Crippen LogP contribution in [0.4, 0.5) is 0 Å². The molecule has 0 aliphatic carbocycles. The molecule has 1 atom stereocenters. The van der Waals surface area contributed by atoms with Crippen LogP contribution in [0, 0.1) is 11.3 Å². The molecule has 3 N–H and O–H groups in total. The molecule has 1 aromatic heterocycles. The van der Waals surface area contributed by atoms with Crippen molar-refractivity contribution in [2.24, 2.45) is 5.73 Å². The summed E-state index contributed by atoms with van der Waals surface area (Å²) in [5, 5.41) is 17.0. The highest BCUT2D eigenvalue weighted by atomic mass is 16.5. The summed E-state index contributed by atoms with van der Waals surface area (Å²) in [6, 6.07) is 9.92. The summed E-state index contributed by atoms with van der Waals surface area (Å²) in [7, 11) is 0. The predicted molar refractivity (Wildman–Crippen MR) is 94.2 cm³/mol. The van der Waals surface area contributed by atoms with Crippen LogP contribution >= 0.6 is 0 Å². The topological polar surface area (TPSA) is 96.9 Å². The minimum atomic E-state index is -0.375. The van der Waals surface area contributed by atoms with Gasteiger partial charge in [-0.2, -0.15) is 5.26 Å². The van der Waals surface area contributed by atoms with Crippen LogP contribution < -0.4 is 15.2 Å². The fourth-order valence-corrected chi connectivity index (χ4v) is 3.10. The van der Waals surface area contributed by atoms with Crippen molar-refractivity contribution in [3.05, 3.63) is 52.5 Å². The Balaban J connectivity index is 2.24. The smallest absolute Gasteiger partial charge is 0.244 e. The number of H-pyrrole nitrogens is 1. The van der Waals surface area contributed by atoms with Gasteiger partial charge in [0.15, 0.2) is 0 Å². The number of aromatic nitrogens is 2. The van der Waals surface area contributed by atoms with Crippen LogP contribution in [0.1, 0.15) is 56.4 Å². The lowest BCUT2D eigenvalue weighted by molar-refractivity contribution is 0.239. The Kier molecular flexibility index (Phi) is 4.41. The number of benzene rings is 1. The first kappa shape index (κ1) is 16.9.